The third-order valence-electron chi connectivity index (χ3n) is 6.31. The summed E-state index contributed by atoms with van der Waals surface area (Å²) in [5.74, 6) is 5.77. The molecule has 0 radical (unpaired) electrons. The van der Waals surface area contributed by atoms with E-state index in [1.54, 1.807) is 33.9 Å². The van der Waals surface area contributed by atoms with Crippen LogP contribution in [0.4, 0.5) is 5.82 Å². The number of nitrogens with two attached hydrogens (primary N) is 2. The van der Waals surface area contributed by atoms with Crippen molar-refractivity contribution in [2.45, 2.75) is 13.3 Å². The largest absolute Gasteiger partial charge is 0.381 e. The van der Waals surface area contributed by atoms with Crippen molar-refractivity contribution in [1.82, 2.24) is 28.9 Å². The maximum absolute atomic E-state index is 13.4. The molecule has 0 fully saturated rings. The molecule has 1 amide bonds. The summed E-state index contributed by atoms with van der Waals surface area (Å²) >= 11 is 0. The highest BCUT2D eigenvalue weighted by molar-refractivity contribution is 6.03. The summed E-state index contributed by atoms with van der Waals surface area (Å²) in [6.07, 6.45) is 5.67. The molecule has 4 heterocycles. The van der Waals surface area contributed by atoms with E-state index in [4.69, 9.17) is 11.5 Å². The van der Waals surface area contributed by atoms with Crippen LogP contribution in [0.5, 0.6) is 0 Å². The molecular formula is C30H26N8O2. The van der Waals surface area contributed by atoms with E-state index < -0.39 is 5.91 Å². The molecule has 0 saturated carbocycles. The van der Waals surface area contributed by atoms with Gasteiger partial charge in [-0.05, 0) is 54.1 Å². The number of aryl methyl sites for hydroxylation is 2. The molecule has 0 atom stereocenters. The van der Waals surface area contributed by atoms with Gasteiger partial charge in [0.25, 0.3) is 11.5 Å². The first-order valence-corrected chi connectivity index (χ1v) is 12.5. The van der Waals surface area contributed by atoms with E-state index >= 15 is 0 Å². The minimum absolute atomic E-state index is 0.0366. The van der Waals surface area contributed by atoms with Crippen LogP contribution in [-0.2, 0) is 13.5 Å². The smallest absolute Gasteiger partial charge is 0.264 e. The second kappa shape index (κ2) is 11.0. The number of fused-ring (bicyclic) bond motifs is 2. The Hall–Kier alpha value is -5.69. The third-order valence-corrected chi connectivity index (χ3v) is 6.31. The van der Waals surface area contributed by atoms with E-state index in [0.717, 1.165) is 34.4 Å². The lowest BCUT2D eigenvalue weighted by Gasteiger charge is -2.14. The number of hydrogen-bond donors (Lipinski definition) is 2. The minimum Gasteiger partial charge on any atom is -0.381 e. The summed E-state index contributed by atoms with van der Waals surface area (Å²) in [6, 6.07) is 21.2. The number of carbonyl (C=O) groups is 1. The quantitative estimate of drug-likeness (QED) is 0.337. The van der Waals surface area contributed by atoms with Crippen molar-refractivity contribution in [3.63, 3.8) is 0 Å². The lowest BCUT2D eigenvalue weighted by Crippen LogP contribution is -2.22. The Kier molecular flexibility index (Phi) is 7.11. The van der Waals surface area contributed by atoms with Gasteiger partial charge in [0.2, 0.25) is 0 Å². The molecule has 6 rings (SSSR count). The van der Waals surface area contributed by atoms with Crippen molar-refractivity contribution in [2.24, 2.45) is 12.8 Å². The van der Waals surface area contributed by atoms with Crippen LogP contribution < -0.4 is 17.0 Å². The topological polar surface area (TPSA) is 139 Å². The van der Waals surface area contributed by atoms with Crippen molar-refractivity contribution in [3.8, 4) is 17.5 Å². The van der Waals surface area contributed by atoms with Gasteiger partial charge < -0.3 is 11.5 Å². The summed E-state index contributed by atoms with van der Waals surface area (Å²) in [5.41, 5.74) is 14.5. The number of amides is 1. The van der Waals surface area contributed by atoms with E-state index in [2.05, 4.69) is 40.0 Å². The molecule has 198 valence electrons. The molecule has 0 spiro atoms. The summed E-state index contributed by atoms with van der Waals surface area (Å²) in [6.45, 7) is 2.06. The van der Waals surface area contributed by atoms with Crippen LogP contribution in [0.1, 0.15) is 34.2 Å². The summed E-state index contributed by atoms with van der Waals surface area (Å²) in [4.78, 5) is 28.3. The lowest BCUT2D eigenvalue weighted by atomic mass is 10.0. The predicted octanol–water partition coefficient (Wildman–Crippen LogP) is 3.10. The van der Waals surface area contributed by atoms with Crippen LogP contribution >= 0.6 is 0 Å². The number of primary amides is 1. The standard InChI is InChI=1S/C23H19N3O.C7H7N5O/c1-3-19-16-18-9-7-8-17(12-13-20-14-15-24-25(20)2)22(18)23(27)26(19)21-10-5-4-6-11-21;8-5-4(6(9)13)7-10-2-1-3-12(7)11-5/h4-11,14-16H,3H2,1-2H3;1-3H,(H2,8,11)(H2,9,13). The van der Waals surface area contributed by atoms with Crippen LogP contribution in [0.3, 0.4) is 0 Å². The third kappa shape index (κ3) is 4.91. The van der Waals surface area contributed by atoms with Gasteiger partial charge in [0, 0.05) is 36.4 Å². The van der Waals surface area contributed by atoms with E-state index in [1.807, 2.05) is 61.6 Å². The lowest BCUT2D eigenvalue weighted by molar-refractivity contribution is 0.100. The van der Waals surface area contributed by atoms with E-state index in [1.165, 1.54) is 4.52 Å². The van der Waals surface area contributed by atoms with Crippen molar-refractivity contribution in [3.05, 3.63) is 118 Å². The van der Waals surface area contributed by atoms with Crippen LogP contribution in [-0.4, -0.2) is 34.9 Å². The molecule has 0 saturated heterocycles. The maximum Gasteiger partial charge on any atom is 0.264 e. The minimum atomic E-state index is -0.619. The number of para-hydroxylation sites is 1. The molecule has 4 aromatic heterocycles. The zero-order chi connectivity index (χ0) is 28.2. The van der Waals surface area contributed by atoms with E-state index in [-0.39, 0.29) is 16.9 Å². The number of pyridine rings is 1. The van der Waals surface area contributed by atoms with Gasteiger partial charge in [0.1, 0.15) is 11.3 Å². The highest BCUT2D eigenvalue weighted by atomic mass is 16.1. The van der Waals surface area contributed by atoms with Gasteiger partial charge >= 0.3 is 0 Å². The average molecular weight is 531 g/mol. The molecule has 2 aromatic carbocycles. The van der Waals surface area contributed by atoms with E-state index in [9.17, 15) is 9.59 Å². The summed E-state index contributed by atoms with van der Waals surface area (Å²) in [7, 11) is 1.85. The average Bonchev–Trinajstić information content (AvgIpc) is 3.53. The van der Waals surface area contributed by atoms with Gasteiger partial charge in [-0.25, -0.2) is 9.50 Å². The number of hydrogen-bond acceptors (Lipinski definition) is 6. The monoisotopic (exact) mass is 530 g/mol. The van der Waals surface area contributed by atoms with Crippen LogP contribution in [0, 0.1) is 11.8 Å². The molecule has 40 heavy (non-hydrogen) atoms. The molecule has 6 aromatic rings. The van der Waals surface area contributed by atoms with Gasteiger partial charge in [-0.15, -0.1) is 5.10 Å². The molecule has 0 aliphatic carbocycles. The Labute approximate surface area is 229 Å². The number of rotatable bonds is 3. The van der Waals surface area contributed by atoms with Gasteiger partial charge in [-0.1, -0.05) is 43.2 Å². The Bertz CT molecular complexity index is 1970. The second-order valence-electron chi connectivity index (χ2n) is 8.84. The molecular weight excluding hydrogens is 504 g/mol. The van der Waals surface area contributed by atoms with Crippen LogP contribution in [0.25, 0.3) is 22.1 Å². The number of carbonyl (C=O) groups excluding carboxylic acids is 1. The number of aromatic nitrogens is 6. The molecule has 4 N–H and O–H groups in total. The fraction of sp³-hybridized carbons (Fsp3) is 0.100. The number of anilines is 1. The molecule has 0 bridgehead atoms. The van der Waals surface area contributed by atoms with Crippen LogP contribution in [0.2, 0.25) is 0 Å². The van der Waals surface area contributed by atoms with Gasteiger partial charge in [0.15, 0.2) is 11.5 Å². The normalized spacial score (nSPS) is 10.6. The summed E-state index contributed by atoms with van der Waals surface area (Å²) in [5, 5.41) is 9.56. The van der Waals surface area contributed by atoms with Gasteiger partial charge in [-0.2, -0.15) is 5.10 Å². The maximum atomic E-state index is 13.4. The highest BCUT2D eigenvalue weighted by Gasteiger charge is 2.15. The Morgan fingerprint density at radius 2 is 1.80 bits per heavy atom. The molecule has 0 aliphatic rings. The fourth-order valence-corrected chi connectivity index (χ4v) is 4.41. The van der Waals surface area contributed by atoms with Crippen LogP contribution in [0.15, 0.2) is 90.1 Å². The van der Waals surface area contributed by atoms with Gasteiger partial charge in [-0.3, -0.25) is 18.8 Å². The Balaban J connectivity index is 0.000000207. The first-order valence-electron chi connectivity index (χ1n) is 12.5. The first-order chi connectivity index (χ1) is 19.4. The molecule has 0 unspecified atom stereocenters. The highest BCUT2D eigenvalue weighted by Crippen LogP contribution is 2.19. The number of nitrogens with zero attached hydrogens (tertiary/aromatic N) is 6. The fourth-order valence-electron chi connectivity index (χ4n) is 4.41. The molecule has 10 nitrogen and oxygen atoms in total. The van der Waals surface area contributed by atoms with E-state index in [0.29, 0.717) is 11.0 Å². The zero-order valence-corrected chi connectivity index (χ0v) is 21.9. The van der Waals surface area contributed by atoms with Crippen molar-refractivity contribution in [1.29, 1.82) is 0 Å². The summed E-state index contributed by atoms with van der Waals surface area (Å²) < 4.78 is 4.92. The van der Waals surface area contributed by atoms with Gasteiger partial charge in [0.05, 0.1) is 11.6 Å². The van der Waals surface area contributed by atoms with Crippen molar-refractivity contribution in [2.75, 3.05) is 5.73 Å². The van der Waals surface area contributed by atoms with Crippen molar-refractivity contribution >= 4 is 28.1 Å². The zero-order valence-electron chi connectivity index (χ0n) is 21.9. The Morgan fingerprint density at radius 1 is 1.00 bits per heavy atom. The Morgan fingerprint density at radius 3 is 2.50 bits per heavy atom. The molecule has 0 aliphatic heterocycles. The second-order valence-corrected chi connectivity index (χ2v) is 8.84. The predicted molar refractivity (Wildman–Crippen MR) is 154 cm³/mol. The first kappa shape index (κ1) is 25.9. The number of nitrogen functional groups attached to an aromatic ring is 1. The van der Waals surface area contributed by atoms with Crippen molar-refractivity contribution < 1.29 is 4.79 Å². The number of benzene rings is 2. The molecule has 10 heteroatoms. The SMILES string of the molecule is CCc1cc2cccc(C#Cc3ccnn3C)c2c(=O)n1-c1ccccc1.NC(=O)c1c(N)nn2cccnc12.